The standard InChI is InChI=1S/C14H20N2O3/c1-10(2)15-13(17)9-19-14(18)11-6-5-7-12(8-11)16(3)4/h5-8,10H,9H2,1-4H3,(H,15,17). The lowest BCUT2D eigenvalue weighted by atomic mass is 10.2. The van der Waals surface area contributed by atoms with Gasteiger partial charge in [-0.1, -0.05) is 6.07 Å². The van der Waals surface area contributed by atoms with Crippen molar-refractivity contribution in [2.75, 3.05) is 25.6 Å². The molecule has 0 radical (unpaired) electrons. The highest BCUT2D eigenvalue weighted by Gasteiger charge is 2.11. The van der Waals surface area contributed by atoms with Gasteiger partial charge in [-0.3, -0.25) is 4.79 Å². The molecule has 0 aliphatic rings. The van der Waals surface area contributed by atoms with Crippen molar-refractivity contribution in [1.82, 2.24) is 5.32 Å². The van der Waals surface area contributed by atoms with Crippen molar-refractivity contribution in [3.05, 3.63) is 29.8 Å². The van der Waals surface area contributed by atoms with Crippen LogP contribution in [0.25, 0.3) is 0 Å². The van der Waals surface area contributed by atoms with Crippen LogP contribution in [0.5, 0.6) is 0 Å². The topological polar surface area (TPSA) is 58.6 Å². The highest BCUT2D eigenvalue weighted by atomic mass is 16.5. The Balaban J connectivity index is 2.59. The third kappa shape index (κ3) is 4.99. The van der Waals surface area contributed by atoms with Gasteiger partial charge in [0.15, 0.2) is 6.61 Å². The summed E-state index contributed by atoms with van der Waals surface area (Å²) < 4.78 is 4.96. The van der Waals surface area contributed by atoms with E-state index in [1.165, 1.54) is 0 Å². The Bertz CT molecular complexity index is 456. The van der Waals surface area contributed by atoms with Crippen LogP contribution in [-0.2, 0) is 9.53 Å². The molecule has 0 bridgehead atoms. The fourth-order valence-electron chi connectivity index (χ4n) is 1.49. The molecule has 0 fully saturated rings. The van der Waals surface area contributed by atoms with E-state index in [0.29, 0.717) is 5.56 Å². The minimum Gasteiger partial charge on any atom is -0.452 e. The number of hydrogen-bond acceptors (Lipinski definition) is 4. The van der Waals surface area contributed by atoms with Gasteiger partial charge in [0, 0.05) is 25.8 Å². The fraction of sp³-hybridized carbons (Fsp3) is 0.429. The van der Waals surface area contributed by atoms with Gasteiger partial charge < -0.3 is 15.0 Å². The predicted molar refractivity (Wildman–Crippen MR) is 74.3 cm³/mol. The lowest BCUT2D eigenvalue weighted by molar-refractivity contribution is -0.124. The molecular weight excluding hydrogens is 244 g/mol. The summed E-state index contributed by atoms with van der Waals surface area (Å²) in [5.74, 6) is -0.797. The molecule has 1 rings (SSSR count). The highest BCUT2D eigenvalue weighted by molar-refractivity contribution is 5.92. The molecule has 0 heterocycles. The Morgan fingerprint density at radius 3 is 2.58 bits per heavy atom. The van der Waals surface area contributed by atoms with Crippen LogP contribution in [0.2, 0.25) is 0 Å². The number of amides is 1. The number of anilines is 1. The van der Waals surface area contributed by atoms with Gasteiger partial charge in [-0.05, 0) is 32.0 Å². The van der Waals surface area contributed by atoms with Gasteiger partial charge in [0.2, 0.25) is 0 Å². The number of ether oxygens (including phenoxy) is 1. The van der Waals surface area contributed by atoms with Crippen molar-refractivity contribution in [2.45, 2.75) is 19.9 Å². The van der Waals surface area contributed by atoms with Crippen molar-refractivity contribution in [1.29, 1.82) is 0 Å². The van der Waals surface area contributed by atoms with E-state index in [1.807, 2.05) is 38.9 Å². The monoisotopic (exact) mass is 264 g/mol. The third-order valence-electron chi connectivity index (χ3n) is 2.38. The molecule has 1 aromatic carbocycles. The van der Waals surface area contributed by atoms with Crippen molar-refractivity contribution < 1.29 is 14.3 Å². The van der Waals surface area contributed by atoms with E-state index < -0.39 is 5.97 Å². The molecule has 0 saturated carbocycles. The predicted octanol–water partition coefficient (Wildman–Crippen LogP) is 1.43. The first-order valence-electron chi connectivity index (χ1n) is 6.14. The zero-order chi connectivity index (χ0) is 14.4. The average molecular weight is 264 g/mol. The van der Waals surface area contributed by atoms with E-state index >= 15 is 0 Å². The molecule has 1 aromatic rings. The summed E-state index contributed by atoms with van der Waals surface area (Å²) in [7, 11) is 3.78. The summed E-state index contributed by atoms with van der Waals surface area (Å²) in [4.78, 5) is 25.0. The molecule has 0 aliphatic carbocycles. The molecule has 0 aliphatic heterocycles. The molecule has 104 valence electrons. The molecular formula is C14H20N2O3. The second kappa shape index (κ2) is 6.78. The second-order valence-corrected chi connectivity index (χ2v) is 4.74. The Hall–Kier alpha value is -2.04. The van der Waals surface area contributed by atoms with Crippen LogP contribution in [0, 0.1) is 0 Å². The summed E-state index contributed by atoms with van der Waals surface area (Å²) in [6.45, 7) is 3.43. The van der Waals surface area contributed by atoms with E-state index in [4.69, 9.17) is 4.74 Å². The van der Waals surface area contributed by atoms with Crippen LogP contribution in [0.15, 0.2) is 24.3 Å². The number of carbonyl (C=O) groups excluding carboxylic acids is 2. The number of nitrogens with zero attached hydrogens (tertiary/aromatic N) is 1. The molecule has 5 heteroatoms. The van der Waals surface area contributed by atoms with Gasteiger partial charge in [0.05, 0.1) is 5.56 Å². The first kappa shape index (κ1) is 15.0. The van der Waals surface area contributed by atoms with Gasteiger partial charge in [-0.15, -0.1) is 0 Å². The zero-order valence-corrected chi connectivity index (χ0v) is 11.8. The first-order valence-corrected chi connectivity index (χ1v) is 6.14. The smallest absolute Gasteiger partial charge is 0.338 e. The van der Waals surface area contributed by atoms with Crippen LogP contribution in [0.1, 0.15) is 24.2 Å². The molecule has 0 spiro atoms. The molecule has 1 N–H and O–H groups in total. The molecule has 0 unspecified atom stereocenters. The van der Waals surface area contributed by atoms with Crippen molar-refractivity contribution in [3.63, 3.8) is 0 Å². The van der Waals surface area contributed by atoms with Gasteiger partial charge in [-0.25, -0.2) is 4.79 Å². The lowest BCUT2D eigenvalue weighted by Crippen LogP contribution is -2.34. The number of carbonyl (C=O) groups is 2. The largest absolute Gasteiger partial charge is 0.452 e. The van der Waals surface area contributed by atoms with Crippen LogP contribution in [-0.4, -0.2) is 38.6 Å². The Kier molecular flexibility index (Phi) is 5.36. The maximum atomic E-state index is 11.8. The molecule has 0 aromatic heterocycles. The van der Waals surface area contributed by atoms with Crippen LogP contribution >= 0.6 is 0 Å². The maximum absolute atomic E-state index is 11.8. The summed E-state index contributed by atoms with van der Waals surface area (Å²) in [6.07, 6.45) is 0. The zero-order valence-electron chi connectivity index (χ0n) is 11.8. The minimum absolute atomic E-state index is 0.0308. The van der Waals surface area contributed by atoms with Crippen LogP contribution in [0.4, 0.5) is 5.69 Å². The summed E-state index contributed by atoms with van der Waals surface area (Å²) in [5, 5.41) is 2.65. The van der Waals surface area contributed by atoms with Crippen LogP contribution in [0.3, 0.4) is 0 Å². The van der Waals surface area contributed by atoms with E-state index in [0.717, 1.165) is 5.69 Å². The van der Waals surface area contributed by atoms with E-state index in [9.17, 15) is 9.59 Å². The van der Waals surface area contributed by atoms with E-state index in [1.54, 1.807) is 18.2 Å². The molecule has 19 heavy (non-hydrogen) atoms. The fourth-order valence-corrected chi connectivity index (χ4v) is 1.49. The normalized spacial score (nSPS) is 10.2. The minimum atomic E-state index is -0.498. The molecule has 0 saturated heterocycles. The quantitative estimate of drug-likeness (QED) is 0.817. The summed E-state index contributed by atoms with van der Waals surface area (Å²) in [5.41, 5.74) is 1.34. The average Bonchev–Trinajstić information content (AvgIpc) is 2.35. The number of benzene rings is 1. The third-order valence-corrected chi connectivity index (χ3v) is 2.38. The molecule has 5 nitrogen and oxygen atoms in total. The lowest BCUT2D eigenvalue weighted by Gasteiger charge is -2.13. The molecule has 0 atom stereocenters. The first-order chi connectivity index (χ1) is 8.90. The Labute approximate surface area is 113 Å². The summed E-state index contributed by atoms with van der Waals surface area (Å²) in [6, 6.07) is 7.09. The number of hydrogen-bond donors (Lipinski definition) is 1. The van der Waals surface area contributed by atoms with Crippen molar-refractivity contribution >= 4 is 17.6 Å². The number of esters is 1. The van der Waals surface area contributed by atoms with Gasteiger partial charge >= 0.3 is 5.97 Å². The van der Waals surface area contributed by atoms with Gasteiger partial charge in [0.1, 0.15) is 0 Å². The SMILES string of the molecule is CC(C)NC(=O)COC(=O)c1cccc(N(C)C)c1. The van der Waals surface area contributed by atoms with Crippen LogP contribution < -0.4 is 10.2 Å². The summed E-state index contributed by atoms with van der Waals surface area (Å²) >= 11 is 0. The Morgan fingerprint density at radius 2 is 2.00 bits per heavy atom. The van der Waals surface area contributed by atoms with Gasteiger partial charge in [-0.2, -0.15) is 0 Å². The van der Waals surface area contributed by atoms with Crippen molar-refractivity contribution in [2.24, 2.45) is 0 Å². The highest BCUT2D eigenvalue weighted by Crippen LogP contribution is 2.14. The Morgan fingerprint density at radius 1 is 1.32 bits per heavy atom. The second-order valence-electron chi connectivity index (χ2n) is 4.74. The molecule has 1 amide bonds. The number of rotatable bonds is 5. The maximum Gasteiger partial charge on any atom is 0.338 e. The van der Waals surface area contributed by atoms with E-state index in [2.05, 4.69) is 5.32 Å². The van der Waals surface area contributed by atoms with Crippen molar-refractivity contribution in [3.8, 4) is 0 Å². The number of nitrogens with one attached hydrogen (secondary N) is 1. The van der Waals surface area contributed by atoms with Gasteiger partial charge in [0.25, 0.3) is 5.91 Å². The van der Waals surface area contributed by atoms with E-state index in [-0.39, 0.29) is 18.6 Å².